The molecule has 2 rings (SSSR count). The normalized spacial score (nSPS) is 12.4. The number of nitrogens with zero attached hydrogens (tertiary/aromatic N) is 2. The predicted octanol–water partition coefficient (Wildman–Crippen LogP) is 3.22. The van der Waals surface area contributed by atoms with Gasteiger partial charge in [0.15, 0.2) is 0 Å². The van der Waals surface area contributed by atoms with E-state index in [1.165, 1.54) is 4.88 Å². The first-order valence-corrected chi connectivity index (χ1v) is 7.00. The molecule has 0 unspecified atom stereocenters. The molecule has 2 aromatic rings. The molecule has 4 heteroatoms. The Hall–Kier alpha value is -1.39. The second-order valence-corrected chi connectivity index (χ2v) is 5.25. The van der Waals surface area contributed by atoms with Crippen LogP contribution in [0, 0.1) is 0 Å². The minimum atomic E-state index is -0.459. The van der Waals surface area contributed by atoms with Crippen molar-refractivity contribution in [2.45, 2.75) is 26.5 Å². The van der Waals surface area contributed by atoms with E-state index in [1.54, 1.807) is 24.5 Å². The quantitative estimate of drug-likeness (QED) is 0.898. The molecule has 0 aliphatic rings. The first-order valence-electron chi connectivity index (χ1n) is 6.12. The largest absolute Gasteiger partial charge is 0.389 e. The van der Waals surface area contributed by atoms with Gasteiger partial charge in [0.1, 0.15) is 5.82 Å². The number of hydrogen-bond donors (Lipinski definition) is 1. The van der Waals surface area contributed by atoms with Gasteiger partial charge in [-0.15, -0.1) is 11.3 Å². The summed E-state index contributed by atoms with van der Waals surface area (Å²) in [6, 6.07) is 8.11. The lowest BCUT2D eigenvalue weighted by atomic mass is 10.2. The van der Waals surface area contributed by atoms with Crippen molar-refractivity contribution >= 4 is 17.2 Å². The fraction of sp³-hybridized carbons (Fsp3) is 0.357. The monoisotopic (exact) mass is 262 g/mol. The Kier molecular flexibility index (Phi) is 4.33. The van der Waals surface area contributed by atoms with E-state index in [1.807, 2.05) is 12.1 Å². The molecule has 0 radical (unpaired) electrons. The molecule has 0 aliphatic carbocycles. The van der Waals surface area contributed by atoms with Crippen LogP contribution in [-0.2, 0) is 6.54 Å². The molecule has 3 nitrogen and oxygen atoms in total. The molecule has 0 bridgehead atoms. The summed E-state index contributed by atoms with van der Waals surface area (Å²) in [6.07, 6.45) is 1.29. The number of aliphatic hydroxyl groups is 1. The molecule has 0 saturated carbocycles. The van der Waals surface area contributed by atoms with Gasteiger partial charge in [0.25, 0.3) is 0 Å². The molecule has 0 saturated heterocycles. The molecular formula is C14H18N2OS. The molecule has 2 aromatic heterocycles. The summed E-state index contributed by atoms with van der Waals surface area (Å²) >= 11 is 1.76. The molecular weight excluding hydrogens is 244 g/mol. The van der Waals surface area contributed by atoms with Crippen molar-refractivity contribution in [1.29, 1.82) is 0 Å². The summed E-state index contributed by atoms with van der Waals surface area (Å²) < 4.78 is 0. The van der Waals surface area contributed by atoms with E-state index >= 15 is 0 Å². The zero-order chi connectivity index (χ0) is 13.0. The maximum absolute atomic E-state index is 9.47. The summed E-state index contributed by atoms with van der Waals surface area (Å²) in [6.45, 7) is 5.67. The Labute approximate surface area is 112 Å². The minimum absolute atomic E-state index is 0.459. The summed E-state index contributed by atoms with van der Waals surface area (Å²) in [4.78, 5) is 7.97. The van der Waals surface area contributed by atoms with Gasteiger partial charge in [-0.05, 0) is 36.9 Å². The van der Waals surface area contributed by atoms with E-state index in [0.29, 0.717) is 0 Å². The lowest BCUT2D eigenvalue weighted by molar-refractivity contribution is 0.199. The van der Waals surface area contributed by atoms with E-state index in [9.17, 15) is 5.11 Å². The third-order valence-electron chi connectivity index (χ3n) is 2.89. The molecule has 0 spiro atoms. The van der Waals surface area contributed by atoms with Gasteiger partial charge < -0.3 is 10.0 Å². The van der Waals surface area contributed by atoms with Crippen LogP contribution in [0.4, 0.5) is 5.82 Å². The van der Waals surface area contributed by atoms with Crippen LogP contribution in [0.15, 0.2) is 35.8 Å². The first kappa shape index (κ1) is 13.1. The van der Waals surface area contributed by atoms with Crippen LogP contribution >= 0.6 is 11.3 Å². The molecule has 0 aliphatic heterocycles. The molecule has 1 atom stereocenters. The van der Waals surface area contributed by atoms with Gasteiger partial charge in [-0.2, -0.15) is 0 Å². The lowest BCUT2D eigenvalue weighted by Crippen LogP contribution is -2.22. The van der Waals surface area contributed by atoms with Gasteiger partial charge in [0, 0.05) is 17.6 Å². The summed E-state index contributed by atoms with van der Waals surface area (Å²) in [5.74, 6) is 0.954. The van der Waals surface area contributed by atoms with Gasteiger partial charge >= 0.3 is 0 Å². The number of pyridine rings is 1. The van der Waals surface area contributed by atoms with Gasteiger partial charge in [0.2, 0.25) is 0 Å². The Bertz CT molecular complexity index is 465. The maximum atomic E-state index is 9.47. The van der Waals surface area contributed by atoms with E-state index < -0.39 is 6.10 Å². The van der Waals surface area contributed by atoms with Crippen LogP contribution in [-0.4, -0.2) is 16.6 Å². The highest BCUT2D eigenvalue weighted by molar-refractivity contribution is 7.09. The number of aromatic nitrogens is 1. The predicted molar refractivity (Wildman–Crippen MR) is 75.9 cm³/mol. The molecule has 0 aromatic carbocycles. The third-order valence-corrected chi connectivity index (χ3v) is 3.75. The topological polar surface area (TPSA) is 36.4 Å². The average Bonchev–Trinajstić information content (AvgIpc) is 2.89. The maximum Gasteiger partial charge on any atom is 0.128 e. The molecule has 2 heterocycles. The van der Waals surface area contributed by atoms with Gasteiger partial charge in [-0.25, -0.2) is 4.98 Å². The number of hydrogen-bond acceptors (Lipinski definition) is 4. The number of aliphatic hydroxyl groups excluding tert-OH is 1. The fourth-order valence-corrected chi connectivity index (χ4v) is 2.50. The fourth-order valence-electron chi connectivity index (χ4n) is 1.78. The number of rotatable bonds is 5. The molecule has 18 heavy (non-hydrogen) atoms. The molecule has 0 fully saturated rings. The van der Waals surface area contributed by atoms with Gasteiger partial charge in [-0.3, -0.25) is 0 Å². The zero-order valence-corrected chi connectivity index (χ0v) is 11.5. The summed E-state index contributed by atoms with van der Waals surface area (Å²) in [5, 5.41) is 11.6. The third kappa shape index (κ3) is 3.09. The van der Waals surface area contributed by atoms with E-state index in [2.05, 4.69) is 34.3 Å². The average molecular weight is 262 g/mol. The van der Waals surface area contributed by atoms with Crippen molar-refractivity contribution in [3.63, 3.8) is 0 Å². The van der Waals surface area contributed by atoms with E-state index in [-0.39, 0.29) is 0 Å². The van der Waals surface area contributed by atoms with E-state index in [0.717, 1.165) is 24.5 Å². The Morgan fingerprint density at radius 2 is 2.22 bits per heavy atom. The van der Waals surface area contributed by atoms with Crippen molar-refractivity contribution < 1.29 is 5.11 Å². The van der Waals surface area contributed by atoms with Gasteiger partial charge in [0.05, 0.1) is 12.6 Å². The first-order chi connectivity index (χ1) is 8.70. The highest BCUT2D eigenvalue weighted by Crippen LogP contribution is 2.19. The van der Waals surface area contributed by atoms with Crippen molar-refractivity contribution in [2.24, 2.45) is 0 Å². The zero-order valence-electron chi connectivity index (χ0n) is 10.7. The van der Waals surface area contributed by atoms with Crippen molar-refractivity contribution in [2.75, 3.05) is 11.4 Å². The Morgan fingerprint density at radius 1 is 1.39 bits per heavy atom. The van der Waals surface area contributed by atoms with Crippen molar-refractivity contribution in [3.05, 3.63) is 46.3 Å². The van der Waals surface area contributed by atoms with Crippen LogP contribution in [0.2, 0.25) is 0 Å². The highest BCUT2D eigenvalue weighted by Gasteiger charge is 2.08. The SMILES string of the molecule is CCN(Cc1cccs1)c1ccc([C@H](C)O)cn1. The minimum Gasteiger partial charge on any atom is -0.389 e. The Balaban J connectivity index is 2.12. The molecule has 96 valence electrons. The standard InChI is InChI=1S/C14H18N2OS/c1-3-16(10-13-5-4-8-18-13)14-7-6-12(9-15-14)11(2)17/h4-9,11,17H,3,10H2,1-2H3/t11-/m0/s1. The van der Waals surface area contributed by atoms with Crippen LogP contribution in [0.3, 0.4) is 0 Å². The van der Waals surface area contributed by atoms with Gasteiger partial charge in [-0.1, -0.05) is 12.1 Å². The van der Waals surface area contributed by atoms with Crippen LogP contribution in [0.1, 0.15) is 30.4 Å². The number of anilines is 1. The van der Waals surface area contributed by atoms with Crippen LogP contribution in [0.25, 0.3) is 0 Å². The van der Waals surface area contributed by atoms with Crippen LogP contribution < -0.4 is 4.90 Å². The lowest BCUT2D eigenvalue weighted by Gasteiger charge is -2.21. The van der Waals surface area contributed by atoms with Crippen molar-refractivity contribution in [3.8, 4) is 0 Å². The second kappa shape index (κ2) is 5.98. The molecule has 0 amide bonds. The van der Waals surface area contributed by atoms with E-state index in [4.69, 9.17) is 0 Å². The Morgan fingerprint density at radius 3 is 2.72 bits per heavy atom. The summed E-state index contributed by atoms with van der Waals surface area (Å²) in [5.41, 5.74) is 0.853. The number of thiophene rings is 1. The van der Waals surface area contributed by atoms with Crippen molar-refractivity contribution in [1.82, 2.24) is 4.98 Å². The molecule has 1 N–H and O–H groups in total. The highest BCUT2D eigenvalue weighted by atomic mass is 32.1. The summed E-state index contributed by atoms with van der Waals surface area (Å²) in [7, 11) is 0. The second-order valence-electron chi connectivity index (χ2n) is 4.22. The smallest absolute Gasteiger partial charge is 0.128 e. The van der Waals surface area contributed by atoms with Crippen LogP contribution in [0.5, 0.6) is 0 Å².